The largest absolute Gasteiger partial charge is 0.353 e. The van der Waals surface area contributed by atoms with E-state index >= 15 is 0 Å². The van der Waals surface area contributed by atoms with E-state index in [2.05, 4.69) is 36.2 Å². The Hall–Kier alpha value is -4.39. The van der Waals surface area contributed by atoms with Gasteiger partial charge in [0, 0.05) is 46.0 Å². The van der Waals surface area contributed by atoms with E-state index in [0.717, 1.165) is 61.3 Å². The summed E-state index contributed by atoms with van der Waals surface area (Å²) in [7, 11) is 0. The Morgan fingerprint density at radius 3 is 2.59 bits per heavy atom. The summed E-state index contributed by atoms with van der Waals surface area (Å²) in [5.74, 6) is -0.291. The Morgan fingerprint density at radius 1 is 0.812 bits per heavy atom. The number of nitrogens with one attached hydrogen (secondary N) is 2. The zero-order valence-electron chi connectivity index (χ0n) is 17.1. The second-order valence-electron chi connectivity index (χ2n) is 7.75. The molecule has 0 saturated carbocycles. The highest BCUT2D eigenvalue weighted by molar-refractivity contribution is 6.00. The molecule has 1 aromatic carbocycles. The molecule has 6 rings (SSSR count). The summed E-state index contributed by atoms with van der Waals surface area (Å²) >= 11 is 0. The van der Waals surface area contributed by atoms with Gasteiger partial charge in [-0.25, -0.2) is 4.39 Å². The molecule has 0 spiro atoms. The van der Waals surface area contributed by atoms with Gasteiger partial charge in [0.05, 0.1) is 28.8 Å². The number of aryl methyl sites for hydroxylation is 1. The van der Waals surface area contributed by atoms with Crippen molar-refractivity contribution < 1.29 is 4.39 Å². The number of halogens is 1. The molecule has 7 heteroatoms. The van der Waals surface area contributed by atoms with Gasteiger partial charge in [-0.05, 0) is 48.9 Å². The van der Waals surface area contributed by atoms with Crippen LogP contribution in [0.2, 0.25) is 0 Å². The maximum atomic E-state index is 13.8. The van der Waals surface area contributed by atoms with Crippen molar-refractivity contribution in [3.05, 3.63) is 84.7 Å². The zero-order chi connectivity index (χ0) is 21.7. The van der Waals surface area contributed by atoms with E-state index < -0.39 is 0 Å². The van der Waals surface area contributed by atoms with Crippen LogP contribution < -0.4 is 0 Å². The van der Waals surface area contributed by atoms with Crippen molar-refractivity contribution in [2.45, 2.75) is 6.92 Å². The second-order valence-corrected chi connectivity index (χ2v) is 7.75. The summed E-state index contributed by atoms with van der Waals surface area (Å²) in [5.41, 5.74) is 7.67. The lowest BCUT2D eigenvalue weighted by atomic mass is 10.1. The van der Waals surface area contributed by atoms with Gasteiger partial charge in [-0.15, -0.1) is 0 Å². The number of H-pyrrole nitrogens is 2. The van der Waals surface area contributed by atoms with E-state index in [-0.39, 0.29) is 5.82 Å². The number of benzene rings is 1. The number of aromatic amines is 2. The van der Waals surface area contributed by atoms with Crippen molar-refractivity contribution in [3.63, 3.8) is 0 Å². The Labute approximate surface area is 182 Å². The van der Waals surface area contributed by atoms with Crippen molar-refractivity contribution in [3.8, 4) is 33.9 Å². The van der Waals surface area contributed by atoms with Gasteiger partial charge in [0.25, 0.3) is 0 Å². The maximum absolute atomic E-state index is 13.8. The van der Waals surface area contributed by atoms with Gasteiger partial charge in [0.1, 0.15) is 11.5 Å². The van der Waals surface area contributed by atoms with E-state index in [1.807, 2.05) is 37.4 Å². The van der Waals surface area contributed by atoms with Crippen LogP contribution in [0.5, 0.6) is 0 Å². The molecule has 0 fully saturated rings. The molecule has 6 nitrogen and oxygen atoms in total. The average molecular weight is 420 g/mol. The number of pyridine rings is 3. The van der Waals surface area contributed by atoms with Crippen LogP contribution in [0, 0.1) is 12.7 Å². The quantitative estimate of drug-likeness (QED) is 0.386. The molecule has 0 unspecified atom stereocenters. The lowest BCUT2D eigenvalue weighted by molar-refractivity contribution is 0.628. The molecule has 0 atom stereocenters. The van der Waals surface area contributed by atoms with Crippen molar-refractivity contribution in [2.75, 3.05) is 0 Å². The van der Waals surface area contributed by atoms with Gasteiger partial charge in [0.2, 0.25) is 0 Å². The Bertz CT molecular complexity index is 1610. The zero-order valence-corrected chi connectivity index (χ0v) is 17.1. The number of rotatable bonds is 3. The third kappa shape index (κ3) is 3.02. The summed E-state index contributed by atoms with van der Waals surface area (Å²) in [5, 5.41) is 9.45. The number of nitrogens with zero attached hydrogens (tertiary/aromatic N) is 4. The molecule has 0 aliphatic carbocycles. The smallest absolute Gasteiger partial charge is 0.123 e. The summed E-state index contributed by atoms with van der Waals surface area (Å²) in [4.78, 5) is 16.8. The van der Waals surface area contributed by atoms with E-state index in [4.69, 9.17) is 0 Å². The van der Waals surface area contributed by atoms with Crippen LogP contribution in [-0.4, -0.2) is 30.1 Å². The predicted molar refractivity (Wildman–Crippen MR) is 122 cm³/mol. The minimum absolute atomic E-state index is 0.291. The molecule has 5 heterocycles. The fraction of sp³-hybridized carbons (Fsp3) is 0.0400. The first-order valence-corrected chi connectivity index (χ1v) is 10.2. The molecule has 0 aliphatic heterocycles. The minimum Gasteiger partial charge on any atom is -0.353 e. The fourth-order valence-electron chi connectivity index (χ4n) is 4.02. The van der Waals surface area contributed by atoms with Crippen molar-refractivity contribution in [1.29, 1.82) is 0 Å². The molecule has 0 amide bonds. The minimum atomic E-state index is -0.291. The highest BCUT2D eigenvalue weighted by Gasteiger charge is 2.15. The van der Waals surface area contributed by atoms with Crippen LogP contribution in [0.4, 0.5) is 4.39 Å². The van der Waals surface area contributed by atoms with Gasteiger partial charge in [0.15, 0.2) is 0 Å². The third-order valence-corrected chi connectivity index (χ3v) is 5.52. The van der Waals surface area contributed by atoms with Crippen LogP contribution in [0.1, 0.15) is 5.56 Å². The number of aromatic nitrogens is 6. The standard InChI is InChI=1S/C25H17FN6/c1-14-7-16(12-27-11-14)21-9-19-23(13-29-21)31-32-25(19)22-10-18-20(30-22)5-6-28-24(18)15-3-2-4-17(26)8-15/h2-13,30H,1H3,(H,31,32). The molecule has 5 aromatic heterocycles. The van der Waals surface area contributed by atoms with E-state index in [1.165, 1.54) is 12.1 Å². The van der Waals surface area contributed by atoms with Crippen LogP contribution in [0.15, 0.2) is 73.3 Å². The first kappa shape index (κ1) is 18.4. The third-order valence-electron chi connectivity index (χ3n) is 5.52. The predicted octanol–water partition coefficient (Wildman–Crippen LogP) is 5.68. The van der Waals surface area contributed by atoms with Crippen LogP contribution in [-0.2, 0) is 0 Å². The van der Waals surface area contributed by atoms with Gasteiger partial charge in [-0.3, -0.25) is 20.1 Å². The van der Waals surface area contributed by atoms with E-state index in [0.29, 0.717) is 0 Å². The average Bonchev–Trinajstić information content (AvgIpc) is 3.42. The van der Waals surface area contributed by atoms with Gasteiger partial charge in [-0.1, -0.05) is 12.1 Å². The maximum Gasteiger partial charge on any atom is 0.123 e. The molecule has 2 N–H and O–H groups in total. The fourth-order valence-corrected chi connectivity index (χ4v) is 4.02. The normalized spacial score (nSPS) is 11.4. The molecule has 6 aromatic rings. The van der Waals surface area contributed by atoms with Crippen LogP contribution in [0.3, 0.4) is 0 Å². The summed E-state index contributed by atoms with van der Waals surface area (Å²) in [6.07, 6.45) is 7.13. The number of hydrogen-bond donors (Lipinski definition) is 2. The topological polar surface area (TPSA) is 83.1 Å². The highest BCUT2D eigenvalue weighted by Crippen LogP contribution is 2.34. The second kappa shape index (κ2) is 7.09. The van der Waals surface area contributed by atoms with Gasteiger partial charge in [-0.2, -0.15) is 5.10 Å². The molecular formula is C25H17FN6. The Kier molecular flexibility index (Phi) is 4.07. The lowest BCUT2D eigenvalue weighted by Gasteiger charge is -2.02. The van der Waals surface area contributed by atoms with E-state index in [1.54, 1.807) is 24.7 Å². The molecule has 154 valence electrons. The Morgan fingerprint density at radius 2 is 1.72 bits per heavy atom. The van der Waals surface area contributed by atoms with Crippen LogP contribution >= 0.6 is 0 Å². The number of fused-ring (bicyclic) bond motifs is 2. The van der Waals surface area contributed by atoms with Crippen molar-refractivity contribution >= 4 is 21.8 Å². The first-order chi connectivity index (χ1) is 15.7. The monoisotopic (exact) mass is 420 g/mol. The van der Waals surface area contributed by atoms with E-state index in [9.17, 15) is 4.39 Å². The molecule has 0 aliphatic rings. The summed E-state index contributed by atoms with van der Waals surface area (Å²) in [6, 6.07) is 14.4. The SMILES string of the molecule is Cc1cncc(-c2cc3c(-c4cc5c(-c6cccc(F)c6)nccc5[nH]4)n[nH]c3cn2)c1. The van der Waals surface area contributed by atoms with Crippen molar-refractivity contribution in [1.82, 2.24) is 30.1 Å². The molecular weight excluding hydrogens is 403 g/mol. The van der Waals surface area contributed by atoms with Crippen LogP contribution in [0.25, 0.3) is 55.7 Å². The summed E-state index contributed by atoms with van der Waals surface area (Å²) < 4.78 is 13.8. The lowest BCUT2D eigenvalue weighted by Crippen LogP contribution is -1.86. The Balaban J connectivity index is 1.51. The summed E-state index contributed by atoms with van der Waals surface area (Å²) in [6.45, 7) is 2.01. The van der Waals surface area contributed by atoms with Gasteiger partial charge < -0.3 is 4.98 Å². The van der Waals surface area contributed by atoms with Crippen molar-refractivity contribution in [2.24, 2.45) is 0 Å². The first-order valence-electron chi connectivity index (χ1n) is 10.2. The molecule has 0 saturated heterocycles. The molecule has 0 bridgehead atoms. The highest BCUT2D eigenvalue weighted by atomic mass is 19.1. The molecule has 32 heavy (non-hydrogen) atoms. The molecule has 0 radical (unpaired) electrons. The van der Waals surface area contributed by atoms with Gasteiger partial charge >= 0.3 is 0 Å². The number of hydrogen-bond acceptors (Lipinski definition) is 4.